The Labute approximate surface area is 215 Å². The lowest BCUT2D eigenvalue weighted by Gasteiger charge is -2.29. The van der Waals surface area contributed by atoms with Gasteiger partial charge in [0.25, 0.3) is 0 Å². The van der Waals surface area contributed by atoms with E-state index in [1.807, 2.05) is 18.2 Å². The van der Waals surface area contributed by atoms with Crippen molar-refractivity contribution in [2.75, 3.05) is 0 Å². The van der Waals surface area contributed by atoms with Gasteiger partial charge in [0.2, 0.25) is 0 Å². The van der Waals surface area contributed by atoms with Crippen molar-refractivity contribution in [2.24, 2.45) is 0 Å². The SMILES string of the molecule is CC(C)(C)c1cc2c(c(-c3c4c(cc(C(C)(C)C)c3OC(=O)c3ccccc3)CCC4)c1O)CCC2. The third-order valence-corrected chi connectivity index (χ3v) is 7.80. The molecule has 188 valence electrons. The summed E-state index contributed by atoms with van der Waals surface area (Å²) in [6.07, 6.45) is 6.05. The first-order valence-corrected chi connectivity index (χ1v) is 13.3. The Balaban J connectivity index is 1.85. The molecule has 0 fully saturated rings. The molecule has 1 N–H and O–H groups in total. The average molecular weight is 483 g/mol. The van der Waals surface area contributed by atoms with Gasteiger partial charge in [0.15, 0.2) is 0 Å². The molecule has 0 radical (unpaired) electrons. The van der Waals surface area contributed by atoms with Crippen molar-refractivity contribution in [1.82, 2.24) is 0 Å². The van der Waals surface area contributed by atoms with E-state index in [4.69, 9.17) is 4.74 Å². The van der Waals surface area contributed by atoms with Crippen molar-refractivity contribution < 1.29 is 14.6 Å². The fourth-order valence-electron chi connectivity index (χ4n) is 5.95. The number of carbonyl (C=O) groups is 1. The molecule has 3 aromatic rings. The predicted octanol–water partition coefficient (Wildman–Crippen LogP) is 7.85. The van der Waals surface area contributed by atoms with Crippen LogP contribution in [0.15, 0.2) is 42.5 Å². The number of fused-ring (bicyclic) bond motifs is 2. The van der Waals surface area contributed by atoms with Gasteiger partial charge in [0, 0.05) is 22.3 Å². The summed E-state index contributed by atoms with van der Waals surface area (Å²) in [7, 11) is 0. The van der Waals surface area contributed by atoms with E-state index >= 15 is 0 Å². The maximum absolute atomic E-state index is 13.4. The van der Waals surface area contributed by atoms with Crippen LogP contribution in [0.1, 0.15) is 98.1 Å². The second-order valence-electron chi connectivity index (χ2n) is 12.5. The predicted molar refractivity (Wildman–Crippen MR) is 146 cm³/mol. The molecule has 0 unspecified atom stereocenters. The van der Waals surface area contributed by atoms with Gasteiger partial charge in [0.1, 0.15) is 11.5 Å². The summed E-state index contributed by atoms with van der Waals surface area (Å²) in [5.41, 5.74) is 9.01. The third-order valence-electron chi connectivity index (χ3n) is 7.80. The summed E-state index contributed by atoms with van der Waals surface area (Å²) in [5.74, 6) is 0.608. The average Bonchev–Trinajstić information content (AvgIpc) is 3.47. The number of aromatic hydroxyl groups is 1. The van der Waals surface area contributed by atoms with Gasteiger partial charge in [-0.1, -0.05) is 71.9 Å². The lowest BCUT2D eigenvalue weighted by molar-refractivity contribution is 0.0732. The van der Waals surface area contributed by atoms with Crippen molar-refractivity contribution in [3.63, 3.8) is 0 Å². The Bertz CT molecular complexity index is 1330. The number of rotatable bonds is 3. The molecule has 0 aliphatic heterocycles. The highest BCUT2D eigenvalue weighted by molar-refractivity contribution is 5.94. The first-order chi connectivity index (χ1) is 17.0. The first kappa shape index (κ1) is 24.6. The molecule has 36 heavy (non-hydrogen) atoms. The third kappa shape index (κ3) is 4.23. The minimum Gasteiger partial charge on any atom is -0.507 e. The van der Waals surface area contributed by atoms with E-state index in [2.05, 4.69) is 53.7 Å². The molecule has 2 aliphatic rings. The Hall–Kier alpha value is -3.07. The van der Waals surface area contributed by atoms with Crippen LogP contribution in [0.2, 0.25) is 0 Å². The molecule has 0 bridgehead atoms. The lowest BCUT2D eigenvalue weighted by atomic mass is 9.77. The zero-order valence-electron chi connectivity index (χ0n) is 22.5. The van der Waals surface area contributed by atoms with E-state index in [1.165, 1.54) is 22.3 Å². The molecule has 0 saturated carbocycles. The van der Waals surface area contributed by atoms with Crippen LogP contribution in [0.5, 0.6) is 11.5 Å². The highest BCUT2D eigenvalue weighted by atomic mass is 16.5. The van der Waals surface area contributed by atoms with Crippen LogP contribution in [0, 0.1) is 0 Å². The van der Waals surface area contributed by atoms with Gasteiger partial charge < -0.3 is 9.84 Å². The van der Waals surface area contributed by atoms with Gasteiger partial charge in [-0.2, -0.15) is 0 Å². The van der Waals surface area contributed by atoms with E-state index in [1.54, 1.807) is 12.1 Å². The van der Waals surface area contributed by atoms with E-state index in [0.717, 1.165) is 60.8 Å². The smallest absolute Gasteiger partial charge is 0.343 e. The molecule has 0 heterocycles. The molecule has 3 heteroatoms. The maximum Gasteiger partial charge on any atom is 0.343 e. The summed E-state index contributed by atoms with van der Waals surface area (Å²) < 4.78 is 6.36. The van der Waals surface area contributed by atoms with Crippen LogP contribution >= 0.6 is 0 Å². The van der Waals surface area contributed by atoms with Gasteiger partial charge in [-0.3, -0.25) is 0 Å². The largest absolute Gasteiger partial charge is 0.507 e. The molecule has 3 nitrogen and oxygen atoms in total. The number of esters is 1. The van der Waals surface area contributed by atoms with Crippen molar-refractivity contribution in [3.8, 4) is 22.6 Å². The molecular formula is C33H38O3. The normalized spacial score (nSPS) is 15.1. The van der Waals surface area contributed by atoms with E-state index in [-0.39, 0.29) is 16.8 Å². The summed E-state index contributed by atoms with van der Waals surface area (Å²) in [6.45, 7) is 13.0. The zero-order valence-corrected chi connectivity index (χ0v) is 22.5. The lowest BCUT2D eigenvalue weighted by Crippen LogP contribution is -2.19. The maximum atomic E-state index is 13.4. The second-order valence-corrected chi connectivity index (χ2v) is 12.5. The number of carbonyl (C=O) groups excluding carboxylic acids is 1. The van der Waals surface area contributed by atoms with Crippen LogP contribution in [0.25, 0.3) is 11.1 Å². The first-order valence-electron chi connectivity index (χ1n) is 13.3. The van der Waals surface area contributed by atoms with Gasteiger partial charge in [0.05, 0.1) is 5.56 Å². The second kappa shape index (κ2) is 8.80. The summed E-state index contributed by atoms with van der Waals surface area (Å²) in [6, 6.07) is 13.7. The van der Waals surface area contributed by atoms with Crippen LogP contribution in [0.3, 0.4) is 0 Å². The van der Waals surface area contributed by atoms with Crippen molar-refractivity contribution in [3.05, 3.63) is 81.4 Å². The zero-order chi connectivity index (χ0) is 25.8. The minimum atomic E-state index is -0.358. The summed E-state index contributed by atoms with van der Waals surface area (Å²) >= 11 is 0. The summed E-state index contributed by atoms with van der Waals surface area (Å²) in [4.78, 5) is 13.4. The standard InChI is InChI=1S/C33H38O3/c1-32(2,3)25-18-21-14-10-16-23(21)27(29(25)34)28-24-17-11-15-22(24)19-26(33(4,5)6)30(28)36-31(35)20-12-8-7-9-13-20/h7-9,12-13,18-19,34H,10-11,14-17H2,1-6H3. The van der Waals surface area contributed by atoms with Gasteiger partial charge in [-0.25, -0.2) is 4.79 Å². The highest BCUT2D eigenvalue weighted by Crippen LogP contribution is 2.53. The number of hydrogen-bond acceptors (Lipinski definition) is 3. The molecule has 5 rings (SSSR count). The van der Waals surface area contributed by atoms with Crippen molar-refractivity contribution in [2.45, 2.75) is 90.9 Å². The molecular weight excluding hydrogens is 444 g/mol. The highest BCUT2D eigenvalue weighted by Gasteiger charge is 2.35. The quantitative estimate of drug-likeness (QED) is 0.305. The number of ether oxygens (including phenoxy) is 1. The molecule has 0 spiro atoms. The van der Waals surface area contributed by atoms with E-state index in [9.17, 15) is 9.90 Å². The van der Waals surface area contributed by atoms with Crippen LogP contribution in [-0.4, -0.2) is 11.1 Å². The monoisotopic (exact) mass is 482 g/mol. The molecule has 2 aliphatic carbocycles. The molecule has 0 saturated heterocycles. The number of phenols is 1. The van der Waals surface area contributed by atoms with Gasteiger partial charge in [-0.05, 0) is 83.7 Å². The van der Waals surface area contributed by atoms with E-state index < -0.39 is 0 Å². The fraction of sp³-hybridized carbons (Fsp3) is 0.424. The molecule has 0 atom stereocenters. The number of hydrogen-bond donors (Lipinski definition) is 1. The Morgan fingerprint density at radius 3 is 1.83 bits per heavy atom. The van der Waals surface area contributed by atoms with Crippen LogP contribution < -0.4 is 4.74 Å². The Morgan fingerprint density at radius 2 is 1.28 bits per heavy atom. The summed E-state index contributed by atoms with van der Waals surface area (Å²) in [5, 5.41) is 11.9. The number of benzene rings is 3. The molecule has 0 amide bonds. The minimum absolute atomic E-state index is 0.206. The van der Waals surface area contributed by atoms with Crippen LogP contribution in [0.4, 0.5) is 0 Å². The van der Waals surface area contributed by atoms with E-state index in [0.29, 0.717) is 17.1 Å². The van der Waals surface area contributed by atoms with Gasteiger partial charge >= 0.3 is 5.97 Å². The number of phenolic OH excluding ortho intramolecular Hbond substituents is 1. The number of aryl methyl sites for hydroxylation is 2. The van der Waals surface area contributed by atoms with Crippen molar-refractivity contribution >= 4 is 5.97 Å². The van der Waals surface area contributed by atoms with Gasteiger partial charge in [-0.15, -0.1) is 0 Å². The Morgan fingerprint density at radius 1 is 0.750 bits per heavy atom. The fourth-order valence-corrected chi connectivity index (χ4v) is 5.95. The van der Waals surface area contributed by atoms with Crippen LogP contribution in [-0.2, 0) is 36.5 Å². The Kier molecular flexibility index (Phi) is 6.01. The molecule has 3 aromatic carbocycles. The van der Waals surface area contributed by atoms with Crippen molar-refractivity contribution in [1.29, 1.82) is 0 Å². The molecule has 0 aromatic heterocycles. The topological polar surface area (TPSA) is 46.5 Å².